The molecule has 0 atom stereocenters. The summed E-state index contributed by atoms with van der Waals surface area (Å²) in [6.07, 6.45) is 4.53. The highest BCUT2D eigenvalue weighted by Crippen LogP contribution is 2.26. The molecule has 0 saturated carbocycles. The SMILES string of the molecule is COc1ccc(C(=O)O)cc1NC(=O)/C(=C/c1ccncc1)NC(=O)c1ccccc1Cl. The van der Waals surface area contributed by atoms with Crippen molar-refractivity contribution < 1.29 is 24.2 Å². The number of amides is 2. The van der Waals surface area contributed by atoms with Crippen molar-refractivity contribution in [2.45, 2.75) is 0 Å². The number of halogens is 1. The summed E-state index contributed by atoms with van der Waals surface area (Å²) in [5.41, 5.74) is 0.790. The summed E-state index contributed by atoms with van der Waals surface area (Å²) >= 11 is 6.10. The number of carboxylic acid groups (broad SMARTS) is 1. The van der Waals surface area contributed by atoms with Gasteiger partial charge >= 0.3 is 5.97 Å². The normalized spacial score (nSPS) is 10.9. The second-order valence-electron chi connectivity index (χ2n) is 6.45. The van der Waals surface area contributed by atoms with E-state index in [1.807, 2.05) is 0 Å². The molecule has 1 aromatic heterocycles. The monoisotopic (exact) mass is 451 g/mol. The molecule has 3 rings (SSSR count). The highest BCUT2D eigenvalue weighted by atomic mass is 35.5. The molecule has 0 unspecified atom stereocenters. The molecule has 0 spiro atoms. The van der Waals surface area contributed by atoms with Crippen molar-refractivity contribution in [3.05, 3.63) is 94.4 Å². The van der Waals surface area contributed by atoms with Crippen molar-refractivity contribution in [2.75, 3.05) is 12.4 Å². The van der Waals surface area contributed by atoms with Gasteiger partial charge in [0.1, 0.15) is 11.4 Å². The van der Waals surface area contributed by atoms with Gasteiger partial charge in [0.2, 0.25) is 0 Å². The smallest absolute Gasteiger partial charge is 0.335 e. The number of rotatable bonds is 7. The number of methoxy groups -OCH3 is 1. The van der Waals surface area contributed by atoms with Crippen molar-refractivity contribution in [1.29, 1.82) is 0 Å². The van der Waals surface area contributed by atoms with Crippen LogP contribution in [0.15, 0.2) is 72.7 Å². The molecule has 2 aromatic carbocycles. The van der Waals surface area contributed by atoms with Gasteiger partial charge in [-0.05, 0) is 54.1 Å². The standard InChI is InChI=1S/C23H18ClN3O5/c1-32-20-7-6-15(23(30)31)13-18(20)26-22(29)19(12-14-8-10-25-11-9-14)27-21(28)16-4-2-3-5-17(16)24/h2-13H,1H3,(H,26,29)(H,27,28)(H,30,31)/b19-12-. The van der Waals surface area contributed by atoms with Gasteiger partial charge < -0.3 is 20.5 Å². The van der Waals surface area contributed by atoms with Crippen molar-refractivity contribution in [2.24, 2.45) is 0 Å². The van der Waals surface area contributed by atoms with E-state index >= 15 is 0 Å². The van der Waals surface area contributed by atoms with Crippen LogP contribution in [0.3, 0.4) is 0 Å². The van der Waals surface area contributed by atoms with Gasteiger partial charge in [-0.3, -0.25) is 14.6 Å². The second-order valence-corrected chi connectivity index (χ2v) is 6.85. The first-order chi connectivity index (χ1) is 15.4. The number of nitrogens with one attached hydrogen (secondary N) is 2. The Labute approximate surface area is 188 Å². The molecule has 2 amide bonds. The van der Waals surface area contributed by atoms with Gasteiger partial charge in [0.15, 0.2) is 0 Å². The Bertz CT molecular complexity index is 1200. The lowest BCUT2D eigenvalue weighted by Crippen LogP contribution is -2.31. The van der Waals surface area contributed by atoms with E-state index < -0.39 is 17.8 Å². The number of anilines is 1. The quantitative estimate of drug-likeness (QED) is 0.469. The number of hydrogen-bond acceptors (Lipinski definition) is 5. The topological polar surface area (TPSA) is 118 Å². The van der Waals surface area contributed by atoms with Gasteiger partial charge in [-0.2, -0.15) is 0 Å². The molecule has 0 bridgehead atoms. The van der Waals surface area contributed by atoms with Gasteiger partial charge in [0, 0.05) is 12.4 Å². The lowest BCUT2D eigenvalue weighted by atomic mass is 10.1. The number of aromatic carboxylic acids is 1. The number of nitrogens with zero attached hydrogens (tertiary/aromatic N) is 1. The molecule has 8 nitrogen and oxygen atoms in total. The first-order valence-electron chi connectivity index (χ1n) is 9.29. The molecule has 0 radical (unpaired) electrons. The first kappa shape index (κ1) is 22.5. The van der Waals surface area contributed by atoms with Gasteiger partial charge in [0.25, 0.3) is 11.8 Å². The van der Waals surface area contributed by atoms with Crippen LogP contribution in [0.25, 0.3) is 6.08 Å². The molecule has 32 heavy (non-hydrogen) atoms. The zero-order valence-electron chi connectivity index (χ0n) is 16.8. The second kappa shape index (κ2) is 10.2. The summed E-state index contributed by atoms with van der Waals surface area (Å²) in [7, 11) is 1.39. The number of aromatic nitrogens is 1. The van der Waals surface area contributed by atoms with Crippen LogP contribution in [0.2, 0.25) is 5.02 Å². The van der Waals surface area contributed by atoms with E-state index in [1.165, 1.54) is 49.8 Å². The van der Waals surface area contributed by atoms with Crippen LogP contribution in [-0.4, -0.2) is 35.0 Å². The third kappa shape index (κ3) is 5.50. The Morgan fingerprint density at radius 1 is 1.06 bits per heavy atom. The molecule has 0 aliphatic carbocycles. The molecular formula is C23H18ClN3O5. The molecule has 0 aliphatic heterocycles. The number of carbonyl (C=O) groups excluding carboxylic acids is 2. The number of hydrogen-bond donors (Lipinski definition) is 3. The van der Waals surface area contributed by atoms with Crippen LogP contribution in [0.1, 0.15) is 26.3 Å². The van der Waals surface area contributed by atoms with E-state index in [4.69, 9.17) is 16.3 Å². The van der Waals surface area contributed by atoms with Crippen LogP contribution in [0, 0.1) is 0 Å². The summed E-state index contributed by atoms with van der Waals surface area (Å²) in [6.45, 7) is 0. The first-order valence-corrected chi connectivity index (χ1v) is 9.67. The minimum atomic E-state index is -1.16. The summed E-state index contributed by atoms with van der Waals surface area (Å²) < 4.78 is 5.20. The van der Waals surface area contributed by atoms with Crippen LogP contribution in [-0.2, 0) is 4.79 Å². The summed E-state index contributed by atoms with van der Waals surface area (Å²) in [4.78, 5) is 41.1. The number of benzene rings is 2. The Morgan fingerprint density at radius 3 is 2.44 bits per heavy atom. The summed E-state index contributed by atoms with van der Waals surface area (Å²) in [5, 5.41) is 14.6. The number of carbonyl (C=O) groups is 3. The lowest BCUT2D eigenvalue weighted by Gasteiger charge is -2.14. The molecule has 3 N–H and O–H groups in total. The van der Waals surface area contributed by atoms with Crippen LogP contribution >= 0.6 is 11.6 Å². The predicted octanol–water partition coefficient (Wildman–Crippen LogP) is 3.85. The van der Waals surface area contributed by atoms with Crippen molar-refractivity contribution in [3.63, 3.8) is 0 Å². The molecule has 162 valence electrons. The average Bonchev–Trinajstić information content (AvgIpc) is 2.79. The molecule has 0 saturated heterocycles. The van der Waals surface area contributed by atoms with E-state index in [9.17, 15) is 19.5 Å². The van der Waals surface area contributed by atoms with Gasteiger partial charge in [0.05, 0.1) is 28.9 Å². The maximum atomic E-state index is 13.1. The number of carboxylic acids is 1. The minimum Gasteiger partial charge on any atom is -0.495 e. The fraction of sp³-hybridized carbons (Fsp3) is 0.0435. The minimum absolute atomic E-state index is 0.0409. The maximum absolute atomic E-state index is 13.1. The van der Waals surface area contributed by atoms with Crippen LogP contribution < -0.4 is 15.4 Å². The van der Waals surface area contributed by atoms with E-state index in [0.717, 1.165) is 0 Å². The Morgan fingerprint density at radius 2 is 1.78 bits per heavy atom. The number of pyridine rings is 1. The van der Waals surface area contributed by atoms with Crippen molar-refractivity contribution in [1.82, 2.24) is 10.3 Å². The van der Waals surface area contributed by atoms with Crippen LogP contribution in [0.5, 0.6) is 5.75 Å². The zero-order valence-corrected chi connectivity index (χ0v) is 17.6. The van der Waals surface area contributed by atoms with E-state index in [-0.39, 0.29) is 33.3 Å². The molecule has 1 heterocycles. The van der Waals surface area contributed by atoms with Gasteiger partial charge in [-0.15, -0.1) is 0 Å². The number of ether oxygens (including phenoxy) is 1. The molecule has 0 aliphatic rings. The van der Waals surface area contributed by atoms with E-state index in [2.05, 4.69) is 15.6 Å². The summed E-state index contributed by atoms with van der Waals surface area (Å²) in [5.74, 6) is -2.19. The van der Waals surface area contributed by atoms with E-state index in [1.54, 1.807) is 30.3 Å². The highest BCUT2D eigenvalue weighted by Gasteiger charge is 2.19. The maximum Gasteiger partial charge on any atom is 0.335 e. The summed E-state index contributed by atoms with van der Waals surface area (Å²) in [6, 6.07) is 13.8. The third-order valence-electron chi connectivity index (χ3n) is 4.32. The van der Waals surface area contributed by atoms with Gasteiger partial charge in [-0.1, -0.05) is 23.7 Å². The van der Waals surface area contributed by atoms with Gasteiger partial charge in [-0.25, -0.2) is 4.79 Å². The zero-order chi connectivity index (χ0) is 23.1. The fourth-order valence-corrected chi connectivity index (χ4v) is 2.97. The van der Waals surface area contributed by atoms with E-state index in [0.29, 0.717) is 5.56 Å². The van der Waals surface area contributed by atoms with Crippen molar-refractivity contribution in [3.8, 4) is 5.75 Å². The predicted molar refractivity (Wildman–Crippen MR) is 120 cm³/mol. The fourth-order valence-electron chi connectivity index (χ4n) is 2.75. The average molecular weight is 452 g/mol. The largest absolute Gasteiger partial charge is 0.495 e. The Hall–Kier alpha value is -4.17. The highest BCUT2D eigenvalue weighted by molar-refractivity contribution is 6.34. The lowest BCUT2D eigenvalue weighted by molar-refractivity contribution is -0.113. The van der Waals surface area contributed by atoms with Crippen molar-refractivity contribution >= 4 is 41.1 Å². The third-order valence-corrected chi connectivity index (χ3v) is 4.65. The Balaban J connectivity index is 1.95. The molecule has 0 fully saturated rings. The molecule has 9 heteroatoms. The van der Waals surface area contributed by atoms with Crippen LogP contribution in [0.4, 0.5) is 5.69 Å². The molecular weight excluding hydrogens is 434 g/mol. The Kier molecular flexibility index (Phi) is 7.20. The molecule has 3 aromatic rings.